The lowest BCUT2D eigenvalue weighted by Gasteiger charge is -2.34. The van der Waals surface area contributed by atoms with Gasteiger partial charge in [0.1, 0.15) is 5.75 Å². The van der Waals surface area contributed by atoms with Gasteiger partial charge in [-0.3, -0.25) is 4.90 Å². The van der Waals surface area contributed by atoms with Gasteiger partial charge in [-0.15, -0.1) is 0 Å². The Morgan fingerprint density at radius 1 is 0.861 bits per heavy atom. The highest BCUT2D eigenvalue weighted by molar-refractivity contribution is 5.79. The predicted molar refractivity (Wildman–Crippen MR) is 151 cm³/mol. The highest BCUT2D eigenvalue weighted by Crippen LogP contribution is 2.26. The fourth-order valence-corrected chi connectivity index (χ4v) is 4.95. The van der Waals surface area contributed by atoms with E-state index in [0.29, 0.717) is 6.04 Å². The molecule has 0 aliphatic carbocycles. The first-order chi connectivity index (χ1) is 17.6. The molecule has 1 aliphatic heterocycles. The number of ether oxygens (including phenoxy) is 1. The standard InChI is InChI=1S/C32H41N3O/c1-27(28-15-17-31(36-3)18-16-28)35(21-10-20-34-25-23-33(2)24-26-34)22-19-32(29-11-6-4-7-12-29)30-13-8-5-9-14-30/h4-9,11-19,27H,10,20-26H2,1-3H3/t27-/m1/s1. The van der Waals surface area contributed by atoms with Crippen molar-refractivity contribution in [2.45, 2.75) is 19.4 Å². The summed E-state index contributed by atoms with van der Waals surface area (Å²) < 4.78 is 5.39. The topological polar surface area (TPSA) is 19.0 Å². The van der Waals surface area contributed by atoms with Crippen molar-refractivity contribution in [1.29, 1.82) is 0 Å². The maximum atomic E-state index is 5.39. The van der Waals surface area contributed by atoms with Crippen LogP contribution in [-0.2, 0) is 0 Å². The summed E-state index contributed by atoms with van der Waals surface area (Å²) in [5.74, 6) is 0.905. The molecular formula is C32H41N3O. The number of likely N-dealkylation sites (N-methyl/N-ethyl adjacent to an activating group) is 1. The fraction of sp³-hybridized carbons (Fsp3) is 0.375. The van der Waals surface area contributed by atoms with Crippen LogP contribution in [0.1, 0.15) is 36.1 Å². The number of hydrogen-bond acceptors (Lipinski definition) is 4. The Hall–Kier alpha value is -2.92. The molecule has 4 nitrogen and oxygen atoms in total. The molecule has 4 rings (SSSR count). The second-order valence-corrected chi connectivity index (χ2v) is 9.79. The van der Waals surface area contributed by atoms with Crippen LogP contribution in [0.2, 0.25) is 0 Å². The zero-order valence-electron chi connectivity index (χ0n) is 22.1. The maximum absolute atomic E-state index is 5.39. The van der Waals surface area contributed by atoms with Crippen LogP contribution in [0.15, 0.2) is 91.0 Å². The molecule has 0 spiro atoms. The van der Waals surface area contributed by atoms with Gasteiger partial charge in [0, 0.05) is 45.3 Å². The second kappa shape index (κ2) is 13.4. The van der Waals surface area contributed by atoms with Crippen molar-refractivity contribution in [1.82, 2.24) is 14.7 Å². The Bertz CT molecular complexity index is 1020. The van der Waals surface area contributed by atoms with E-state index in [-0.39, 0.29) is 0 Å². The minimum atomic E-state index is 0.312. The second-order valence-electron chi connectivity index (χ2n) is 9.79. The van der Waals surface area contributed by atoms with Crippen molar-refractivity contribution in [3.05, 3.63) is 108 Å². The zero-order valence-corrected chi connectivity index (χ0v) is 22.1. The summed E-state index contributed by atoms with van der Waals surface area (Å²) in [6.07, 6.45) is 3.59. The minimum absolute atomic E-state index is 0.312. The summed E-state index contributed by atoms with van der Waals surface area (Å²) in [5.41, 5.74) is 5.14. The molecule has 1 fully saturated rings. The molecule has 36 heavy (non-hydrogen) atoms. The SMILES string of the molecule is COc1ccc([C@@H](C)N(CC=C(c2ccccc2)c2ccccc2)CCCN2CCN(C)CC2)cc1. The van der Waals surface area contributed by atoms with Crippen LogP contribution in [0.5, 0.6) is 5.75 Å². The van der Waals surface area contributed by atoms with E-state index in [2.05, 4.69) is 120 Å². The Labute approximate surface area is 217 Å². The van der Waals surface area contributed by atoms with Gasteiger partial charge in [-0.05, 0) is 61.3 Å². The van der Waals surface area contributed by atoms with Crippen LogP contribution >= 0.6 is 0 Å². The average Bonchev–Trinajstić information content (AvgIpc) is 2.94. The molecule has 1 heterocycles. The van der Waals surface area contributed by atoms with E-state index in [1.165, 1.54) is 54.9 Å². The first kappa shape index (κ1) is 26.2. The Morgan fingerprint density at radius 3 is 2.00 bits per heavy atom. The van der Waals surface area contributed by atoms with E-state index < -0.39 is 0 Å². The molecule has 4 heteroatoms. The zero-order chi connectivity index (χ0) is 25.2. The molecule has 0 aromatic heterocycles. The van der Waals surface area contributed by atoms with Gasteiger partial charge in [0.15, 0.2) is 0 Å². The minimum Gasteiger partial charge on any atom is -0.497 e. The van der Waals surface area contributed by atoms with Crippen molar-refractivity contribution in [3.8, 4) is 5.75 Å². The molecule has 1 atom stereocenters. The van der Waals surface area contributed by atoms with Crippen LogP contribution in [0.3, 0.4) is 0 Å². The molecular weight excluding hydrogens is 442 g/mol. The van der Waals surface area contributed by atoms with E-state index in [1.54, 1.807) is 7.11 Å². The smallest absolute Gasteiger partial charge is 0.118 e. The molecule has 3 aromatic carbocycles. The number of hydrogen-bond donors (Lipinski definition) is 0. The number of nitrogens with zero attached hydrogens (tertiary/aromatic N) is 3. The van der Waals surface area contributed by atoms with Gasteiger partial charge < -0.3 is 14.5 Å². The molecule has 0 bridgehead atoms. The van der Waals surface area contributed by atoms with Crippen molar-refractivity contribution in [2.24, 2.45) is 0 Å². The van der Waals surface area contributed by atoms with E-state index in [1.807, 2.05) is 0 Å². The molecule has 0 unspecified atom stereocenters. The first-order valence-corrected chi connectivity index (χ1v) is 13.2. The van der Waals surface area contributed by atoms with Crippen molar-refractivity contribution in [2.75, 3.05) is 60.0 Å². The summed E-state index contributed by atoms with van der Waals surface area (Å²) >= 11 is 0. The fourth-order valence-electron chi connectivity index (χ4n) is 4.95. The molecule has 0 amide bonds. The van der Waals surface area contributed by atoms with Gasteiger partial charge >= 0.3 is 0 Å². The molecule has 190 valence electrons. The summed E-state index contributed by atoms with van der Waals surface area (Å²) in [6, 6.07) is 30.4. The van der Waals surface area contributed by atoms with Crippen molar-refractivity contribution >= 4 is 5.57 Å². The first-order valence-electron chi connectivity index (χ1n) is 13.2. The lowest BCUT2D eigenvalue weighted by atomic mass is 9.97. The molecule has 1 aliphatic rings. The Balaban J connectivity index is 1.53. The third kappa shape index (κ3) is 7.30. The molecule has 0 radical (unpaired) electrons. The van der Waals surface area contributed by atoms with Gasteiger partial charge in [0.2, 0.25) is 0 Å². The van der Waals surface area contributed by atoms with Gasteiger partial charge in [0.25, 0.3) is 0 Å². The Morgan fingerprint density at radius 2 is 1.44 bits per heavy atom. The lowest BCUT2D eigenvalue weighted by Crippen LogP contribution is -2.45. The quantitative estimate of drug-likeness (QED) is 0.342. The lowest BCUT2D eigenvalue weighted by molar-refractivity contribution is 0.142. The van der Waals surface area contributed by atoms with Crippen LogP contribution in [0, 0.1) is 0 Å². The van der Waals surface area contributed by atoms with Gasteiger partial charge in [-0.2, -0.15) is 0 Å². The molecule has 3 aromatic rings. The van der Waals surface area contributed by atoms with E-state index in [0.717, 1.165) is 25.4 Å². The summed E-state index contributed by atoms with van der Waals surface area (Å²) in [7, 11) is 3.95. The number of piperazine rings is 1. The monoisotopic (exact) mass is 483 g/mol. The third-order valence-electron chi connectivity index (χ3n) is 7.36. The van der Waals surface area contributed by atoms with Crippen LogP contribution in [0.4, 0.5) is 0 Å². The molecule has 1 saturated heterocycles. The number of benzene rings is 3. The van der Waals surface area contributed by atoms with E-state index in [9.17, 15) is 0 Å². The van der Waals surface area contributed by atoms with E-state index in [4.69, 9.17) is 4.74 Å². The van der Waals surface area contributed by atoms with Gasteiger partial charge in [-0.25, -0.2) is 0 Å². The third-order valence-corrected chi connectivity index (χ3v) is 7.36. The van der Waals surface area contributed by atoms with Gasteiger partial charge in [0.05, 0.1) is 7.11 Å². The summed E-state index contributed by atoms with van der Waals surface area (Å²) in [4.78, 5) is 7.66. The molecule has 0 N–H and O–H groups in total. The highest BCUT2D eigenvalue weighted by Gasteiger charge is 2.18. The largest absolute Gasteiger partial charge is 0.497 e. The normalized spacial score (nSPS) is 15.6. The van der Waals surface area contributed by atoms with Crippen LogP contribution in [-0.4, -0.2) is 74.7 Å². The predicted octanol–water partition coefficient (Wildman–Crippen LogP) is 5.83. The average molecular weight is 484 g/mol. The Kier molecular flexibility index (Phi) is 9.74. The summed E-state index contributed by atoms with van der Waals surface area (Å²) in [5, 5.41) is 0. The maximum Gasteiger partial charge on any atom is 0.118 e. The number of rotatable bonds is 11. The van der Waals surface area contributed by atoms with Crippen molar-refractivity contribution in [3.63, 3.8) is 0 Å². The number of methoxy groups -OCH3 is 1. The van der Waals surface area contributed by atoms with Crippen molar-refractivity contribution < 1.29 is 4.74 Å². The van der Waals surface area contributed by atoms with Crippen LogP contribution < -0.4 is 4.74 Å². The van der Waals surface area contributed by atoms with Crippen LogP contribution in [0.25, 0.3) is 5.57 Å². The highest BCUT2D eigenvalue weighted by atomic mass is 16.5. The molecule has 0 saturated carbocycles. The van der Waals surface area contributed by atoms with E-state index >= 15 is 0 Å². The van der Waals surface area contributed by atoms with Gasteiger partial charge in [-0.1, -0.05) is 78.9 Å². The summed E-state index contributed by atoms with van der Waals surface area (Å²) in [6.45, 7) is 10.2.